The number of rotatable bonds is 5. The van der Waals surface area contributed by atoms with Gasteiger partial charge in [-0.15, -0.1) is 0 Å². The van der Waals surface area contributed by atoms with Gasteiger partial charge in [0.25, 0.3) is 0 Å². The lowest BCUT2D eigenvalue weighted by Gasteiger charge is -2.22. The molecule has 98 valence electrons. The zero-order valence-corrected chi connectivity index (χ0v) is 10.6. The van der Waals surface area contributed by atoms with Crippen LogP contribution < -0.4 is 10.6 Å². The van der Waals surface area contributed by atoms with Crippen LogP contribution in [0.3, 0.4) is 0 Å². The number of aliphatic hydroxyl groups excluding tert-OH is 1. The first-order chi connectivity index (χ1) is 8.67. The van der Waals surface area contributed by atoms with E-state index < -0.39 is 0 Å². The van der Waals surface area contributed by atoms with Crippen LogP contribution in [0.5, 0.6) is 0 Å². The minimum Gasteiger partial charge on any atom is -0.395 e. The van der Waals surface area contributed by atoms with Gasteiger partial charge in [-0.25, -0.2) is 19.3 Å². The van der Waals surface area contributed by atoms with E-state index in [1.807, 2.05) is 4.90 Å². The van der Waals surface area contributed by atoms with Gasteiger partial charge in [0.15, 0.2) is 5.65 Å². The second-order valence-corrected chi connectivity index (χ2v) is 4.09. The summed E-state index contributed by atoms with van der Waals surface area (Å²) in [5.41, 5.74) is 0.257. The molecular weight excluding hydrogens is 234 g/mol. The molecule has 2 heterocycles. The molecule has 0 saturated heterocycles. The van der Waals surface area contributed by atoms with E-state index >= 15 is 0 Å². The number of hydrogen-bond donors (Lipinski definition) is 2. The summed E-state index contributed by atoms with van der Waals surface area (Å²) in [7, 11) is 0. The molecule has 2 rings (SSSR count). The Hall–Kier alpha value is -1.89. The van der Waals surface area contributed by atoms with Crippen molar-refractivity contribution in [2.75, 3.05) is 24.6 Å². The van der Waals surface area contributed by atoms with Crippen molar-refractivity contribution in [1.29, 1.82) is 0 Å². The van der Waals surface area contributed by atoms with Crippen molar-refractivity contribution < 1.29 is 5.11 Å². The lowest BCUT2D eigenvalue weighted by molar-refractivity contribution is 0.301. The van der Waals surface area contributed by atoms with Gasteiger partial charge in [0.2, 0.25) is 0 Å². The first kappa shape index (κ1) is 12.6. The van der Waals surface area contributed by atoms with E-state index in [1.165, 1.54) is 4.40 Å². The maximum Gasteiger partial charge on any atom is 0.349 e. The van der Waals surface area contributed by atoms with Crippen molar-refractivity contribution in [2.45, 2.75) is 20.3 Å². The number of H-pyrrole nitrogens is 1. The molecule has 0 fully saturated rings. The Balaban J connectivity index is 2.47. The van der Waals surface area contributed by atoms with Crippen LogP contribution in [-0.4, -0.2) is 44.4 Å². The molecule has 0 radical (unpaired) electrons. The predicted molar refractivity (Wildman–Crippen MR) is 67.9 cm³/mol. The Morgan fingerprint density at radius 2 is 2.28 bits per heavy atom. The highest BCUT2D eigenvalue weighted by molar-refractivity contribution is 5.51. The molecular formula is C11H17N5O2. The Labute approximate surface area is 104 Å². The second-order valence-electron chi connectivity index (χ2n) is 4.09. The summed E-state index contributed by atoms with van der Waals surface area (Å²) >= 11 is 0. The van der Waals surface area contributed by atoms with Crippen LogP contribution >= 0.6 is 0 Å². The average molecular weight is 251 g/mol. The SMILES string of the molecule is CCCN(CCO)c1cc2n[nH]c(=O)n2c(C)n1. The van der Waals surface area contributed by atoms with Crippen molar-refractivity contribution >= 4 is 11.5 Å². The minimum atomic E-state index is -0.286. The fourth-order valence-corrected chi connectivity index (χ4v) is 1.98. The third-order valence-electron chi connectivity index (χ3n) is 2.74. The number of aromatic amines is 1. The summed E-state index contributed by atoms with van der Waals surface area (Å²) in [6.45, 7) is 5.22. The Morgan fingerprint density at radius 1 is 1.50 bits per heavy atom. The summed E-state index contributed by atoms with van der Waals surface area (Å²) in [6.07, 6.45) is 0.958. The Kier molecular flexibility index (Phi) is 3.61. The molecule has 0 atom stereocenters. The minimum absolute atomic E-state index is 0.0687. The van der Waals surface area contributed by atoms with Crippen LogP contribution in [0.4, 0.5) is 5.82 Å². The van der Waals surface area contributed by atoms with E-state index in [0.29, 0.717) is 18.0 Å². The molecule has 0 aliphatic carbocycles. The van der Waals surface area contributed by atoms with E-state index in [1.54, 1.807) is 13.0 Å². The van der Waals surface area contributed by atoms with Crippen LogP contribution in [0, 0.1) is 6.92 Å². The number of aromatic nitrogens is 4. The number of hydrogen-bond acceptors (Lipinski definition) is 5. The molecule has 0 bridgehead atoms. The second kappa shape index (κ2) is 5.18. The third-order valence-corrected chi connectivity index (χ3v) is 2.74. The van der Waals surface area contributed by atoms with Crippen molar-refractivity contribution in [1.82, 2.24) is 19.6 Å². The number of aryl methyl sites for hydroxylation is 1. The van der Waals surface area contributed by atoms with Gasteiger partial charge >= 0.3 is 5.69 Å². The topological polar surface area (TPSA) is 86.5 Å². The smallest absolute Gasteiger partial charge is 0.349 e. The molecule has 0 saturated carbocycles. The molecule has 7 heteroatoms. The summed E-state index contributed by atoms with van der Waals surface area (Å²) in [5.74, 6) is 1.31. The number of nitrogens with zero attached hydrogens (tertiary/aromatic N) is 4. The Morgan fingerprint density at radius 3 is 2.94 bits per heavy atom. The standard InChI is InChI=1S/C11H17N5O2/c1-3-4-15(5-6-17)9-7-10-13-14-11(18)16(10)8(2)12-9/h7,17H,3-6H2,1-2H3,(H,14,18). The molecule has 2 N–H and O–H groups in total. The molecule has 2 aromatic rings. The lowest BCUT2D eigenvalue weighted by atomic mass is 10.3. The summed E-state index contributed by atoms with van der Waals surface area (Å²) in [5, 5.41) is 15.4. The molecule has 7 nitrogen and oxygen atoms in total. The van der Waals surface area contributed by atoms with Gasteiger partial charge in [-0.05, 0) is 13.3 Å². The van der Waals surface area contributed by atoms with Crippen LogP contribution in [0.15, 0.2) is 10.9 Å². The van der Waals surface area contributed by atoms with E-state index in [-0.39, 0.29) is 12.3 Å². The fraction of sp³-hybridized carbons (Fsp3) is 0.545. The van der Waals surface area contributed by atoms with Crippen LogP contribution in [-0.2, 0) is 0 Å². The first-order valence-electron chi connectivity index (χ1n) is 5.98. The Bertz CT molecular complexity index is 583. The van der Waals surface area contributed by atoms with Crippen LogP contribution in [0.2, 0.25) is 0 Å². The normalized spacial score (nSPS) is 11.1. The van der Waals surface area contributed by atoms with Gasteiger partial charge in [0.05, 0.1) is 6.61 Å². The summed E-state index contributed by atoms with van der Waals surface area (Å²) < 4.78 is 1.42. The molecule has 0 aliphatic rings. The van der Waals surface area contributed by atoms with Gasteiger partial charge in [-0.2, -0.15) is 5.10 Å². The molecule has 0 spiro atoms. The van der Waals surface area contributed by atoms with Crippen LogP contribution in [0.25, 0.3) is 5.65 Å². The van der Waals surface area contributed by atoms with E-state index in [2.05, 4.69) is 22.1 Å². The summed E-state index contributed by atoms with van der Waals surface area (Å²) in [6, 6.07) is 1.75. The zero-order chi connectivity index (χ0) is 13.1. The van der Waals surface area contributed by atoms with Gasteiger partial charge in [0, 0.05) is 19.2 Å². The zero-order valence-electron chi connectivity index (χ0n) is 10.6. The quantitative estimate of drug-likeness (QED) is 0.777. The molecule has 0 amide bonds. The highest BCUT2D eigenvalue weighted by Gasteiger charge is 2.11. The van der Waals surface area contributed by atoms with E-state index in [9.17, 15) is 4.79 Å². The number of nitrogens with one attached hydrogen (secondary N) is 1. The van der Waals surface area contributed by atoms with Gasteiger partial charge in [-0.3, -0.25) is 0 Å². The first-order valence-corrected chi connectivity index (χ1v) is 5.98. The predicted octanol–water partition coefficient (Wildman–Crippen LogP) is -0.0653. The third kappa shape index (κ3) is 2.21. The molecule has 0 unspecified atom stereocenters. The maximum atomic E-state index is 11.5. The fourth-order valence-electron chi connectivity index (χ4n) is 1.98. The molecule has 18 heavy (non-hydrogen) atoms. The molecule has 0 aliphatic heterocycles. The maximum absolute atomic E-state index is 11.5. The monoisotopic (exact) mass is 251 g/mol. The van der Waals surface area contributed by atoms with Crippen molar-refractivity contribution in [3.63, 3.8) is 0 Å². The number of aliphatic hydroxyl groups is 1. The molecule has 0 aromatic carbocycles. The van der Waals surface area contributed by atoms with Crippen LogP contribution in [0.1, 0.15) is 19.2 Å². The van der Waals surface area contributed by atoms with E-state index in [0.717, 1.165) is 18.8 Å². The lowest BCUT2D eigenvalue weighted by Crippen LogP contribution is -2.29. The highest BCUT2D eigenvalue weighted by Crippen LogP contribution is 2.13. The van der Waals surface area contributed by atoms with Gasteiger partial charge in [0.1, 0.15) is 11.6 Å². The largest absolute Gasteiger partial charge is 0.395 e. The van der Waals surface area contributed by atoms with Crippen molar-refractivity contribution in [3.05, 3.63) is 22.4 Å². The van der Waals surface area contributed by atoms with Crippen molar-refractivity contribution in [2.24, 2.45) is 0 Å². The van der Waals surface area contributed by atoms with E-state index in [4.69, 9.17) is 5.11 Å². The summed E-state index contributed by atoms with van der Waals surface area (Å²) in [4.78, 5) is 17.9. The van der Waals surface area contributed by atoms with Gasteiger partial charge in [-0.1, -0.05) is 6.92 Å². The highest BCUT2D eigenvalue weighted by atomic mass is 16.3. The average Bonchev–Trinajstić information content (AvgIpc) is 2.71. The number of anilines is 1. The number of fused-ring (bicyclic) bond motifs is 1. The van der Waals surface area contributed by atoms with Crippen molar-refractivity contribution in [3.8, 4) is 0 Å². The van der Waals surface area contributed by atoms with Gasteiger partial charge < -0.3 is 10.0 Å². The molecule has 2 aromatic heterocycles.